The Morgan fingerprint density at radius 3 is 2.33 bits per heavy atom. The van der Waals surface area contributed by atoms with Gasteiger partial charge in [0.05, 0.1) is 0 Å². The van der Waals surface area contributed by atoms with Crippen molar-refractivity contribution in [2.45, 2.75) is 32.7 Å². The quantitative estimate of drug-likeness (QED) is 0.621. The summed E-state index contributed by atoms with van der Waals surface area (Å²) in [6.07, 6.45) is 2.78. The second-order valence-electron chi connectivity index (χ2n) is 2.86. The van der Waals surface area contributed by atoms with Crippen LogP contribution >= 0.6 is 17.0 Å². The predicted molar refractivity (Wildman–Crippen MR) is 46.2 cm³/mol. The summed E-state index contributed by atoms with van der Waals surface area (Å²) in [5.74, 6) is 0.892. The van der Waals surface area contributed by atoms with Crippen molar-refractivity contribution >= 4 is 17.0 Å². The second kappa shape index (κ2) is 4.29. The zero-order valence-electron chi connectivity index (χ0n) is 6.18. The highest BCUT2D eigenvalue weighted by atomic mass is 79.9. The molecule has 2 heteroatoms. The summed E-state index contributed by atoms with van der Waals surface area (Å²) in [6, 6.07) is 0.753. The molecule has 0 bridgehead atoms. The predicted octanol–water partition coefficient (Wildman–Crippen LogP) is 1.97. The van der Waals surface area contributed by atoms with Gasteiger partial charge in [-0.2, -0.15) is 0 Å². The van der Waals surface area contributed by atoms with Crippen molar-refractivity contribution in [2.24, 2.45) is 5.92 Å². The summed E-state index contributed by atoms with van der Waals surface area (Å²) in [5, 5.41) is 3.43. The molecule has 1 aliphatic rings. The van der Waals surface area contributed by atoms with Crippen molar-refractivity contribution in [1.29, 1.82) is 0 Å². The van der Waals surface area contributed by atoms with E-state index in [4.69, 9.17) is 0 Å². The lowest BCUT2D eigenvalue weighted by Gasteiger charge is -2.26. The zero-order chi connectivity index (χ0) is 5.98. The van der Waals surface area contributed by atoms with Crippen molar-refractivity contribution in [3.8, 4) is 0 Å². The molecule has 0 aromatic carbocycles. The van der Waals surface area contributed by atoms with Crippen LogP contribution in [0.25, 0.3) is 0 Å². The van der Waals surface area contributed by atoms with Crippen molar-refractivity contribution in [3.05, 3.63) is 0 Å². The van der Waals surface area contributed by atoms with Gasteiger partial charge in [-0.05, 0) is 32.2 Å². The zero-order valence-corrected chi connectivity index (χ0v) is 7.90. The van der Waals surface area contributed by atoms with Crippen LogP contribution in [0.2, 0.25) is 0 Å². The Morgan fingerprint density at radius 2 is 2.00 bits per heavy atom. The first-order valence-electron chi connectivity index (χ1n) is 3.54. The Kier molecular flexibility index (Phi) is 4.50. The molecule has 1 rings (SSSR count). The van der Waals surface area contributed by atoms with Crippen LogP contribution in [0.3, 0.4) is 0 Å². The van der Waals surface area contributed by atoms with E-state index in [-0.39, 0.29) is 17.0 Å². The van der Waals surface area contributed by atoms with E-state index in [0.29, 0.717) is 0 Å². The van der Waals surface area contributed by atoms with E-state index in [9.17, 15) is 0 Å². The van der Waals surface area contributed by atoms with E-state index in [2.05, 4.69) is 19.2 Å². The van der Waals surface area contributed by atoms with Gasteiger partial charge in [0.1, 0.15) is 0 Å². The van der Waals surface area contributed by atoms with E-state index in [1.54, 1.807) is 0 Å². The molecule has 0 aliphatic carbocycles. The Morgan fingerprint density at radius 1 is 1.33 bits per heavy atom. The number of piperidine rings is 1. The Bertz CT molecular complexity index is 65.3. The van der Waals surface area contributed by atoms with E-state index in [0.717, 1.165) is 12.0 Å². The third kappa shape index (κ3) is 2.67. The van der Waals surface area contributed by atoms with Gasteiger partial charge < -0.3 is 5.32 Å². The Labute approximate surface area is 68.0 Å². The van der Waals surface area contributed by atoms with Crippen LogP contribution in [-0.4, -0.2) is 12.6 Å². The van der Waals surface area contributed by atoms with Gasteiger partial charge >= 0.3 is 0 Å². The lowest BCUT2D eigenvalue weighted by atomic mass is 9.94. The molecule has 1 N–H and O–H groups in total. The smallest absolute Gasteiger partial charge is 0.00643 e. The van der Waals surface area contributed by atoms with Gasteiger partial charge in [0.2, 0.25) is 0 Å². The number of nitrogens with one attached hydrogen (secondary N) is 1. The molecule has 1 heterocycles. The van der Waals surface area contributed by atoms with Crippen LogP contribution in [0.5, 0.6) is 0 Å². The summed E-state index contributed by atoms with van der Waals surface area (Å²) in [5.41, 5.74) is 0. The third-order valence-corrected chi connectivity index (χ3v) is 2.16. The fourth-order valence-corrected chi connectivity index (χ4v) is 1.20. The first-order valence-corrected chi connectivity index (χ1v) is 3.54. The molecule has 56 valence electrons. The normalized spacial score (nSPS) is 35.3. The molecule has 2 unspecified atom stereocenters. The van der Waals surface area contributed by atoms with Gasteiger partial charge in [-0.25, -0.2) is 0 Å². The summed E-state index contributed by atoms with van der Waals surface area (Å²) in [7, 11) is 0. The van der Waals surface area contributed by atoms with Crippen LogP contribution in [0.1, 0.15) is 26.7 Å². The Balaban J connectivity index is 0.000000640. The standard InChI is InChI=1S/C7H15N.BrH/c1-6-4-3-5-8-7(6)2;/h6-8H,3-5H2,1-2H3;1H. The van der Waals surface area contributed by atoms with E-state index in [1.165, 1.54) is 19.4 Å². The molecule has 0 aromatic rings. The molecule has 1 fully saturated rings. The van der Waals surface area contributed by atoms with E-state index >= 15 is 0 Å². The first-order chi connectivity index (χ1) is 3.80. The fourth-order valence-electron chi connectivity index (χ4n) is 1.20. The minimum absolute atomic E-state index is 0. The lowest BCUT2D eigenvalue weighted by molar-refractivity contribution is 0.319. The summed E-state index contributed by atoms with van der Waals surface area (Å²) in [6.45, 7) is 5.81. The van der Waals surface area contributed by atoms with Crippen LogP contribution < -0.4 is 5.32 Å². The SMILES string of the molecule is Br.CC1CCCNC1C. The fraction of sp³-hybridized carbons (Fsp3) is 1.00. The topological polar surface area (TPSA) is 12.0 Å². The molecule has 0 amide bonds. The molecular weight excluding hydrogens is 178 g/mol. The van der Waals surface area contributed by atoms with Gasteiger partial charge in [0.25, 0.3) is 0 Å². The molecule has 0 saturated carbocycles. The van der Waals surface area contributed by atoms with E-state index in [1.807, 2.05) is 0 Å². The van der Waals surface area contributed by atoms with Crippen LogP contribution in [-0.2, 0) is 0 Å². The molecule has 0 spiro atoms. The number of hydrogen-bond donors (Lipinski definition) is 1. The second-order valence-corrected chi connectivity index (χ2v) is 2.86. The van der Waals surface area contributed by atoms with E-state index < -0.39 is 0 Å². The molecule has 0 radical (unpaired) electrons. The van der Waals surface area contributed by atoms with Gasteiger partial charge in [-0.15, -0.1) is 17.0 Å². The third-order valence-electron chi connectivity index (χ3n) is 2.16. The maximum absolute atomic E-state index is 3.43. The van der Waals surface area contributed by atoms with Crippen molar-refractivity contribution in [2.75, 3.05) is 6.54 Å². The lowest BCUT2D eigenvalue weighted by Crippen LogP contribution is -2.37. The highest BCUT2D eigenvalue weighted by Gasteiger charge is 2.14. The van der Waals surface area contributed by atoms with Gasteiger partial charge in [0.15, 0.2) is 0 Å². The molecule has 0 aromatic heterocycles. The highest BCUT2D eigenvalue weighted by Crippen LogP contribution is 2.13. The number of rotatable bonds is 0. The number of halogens is 1. The van der Waals surface area contributed by atoms with Gasteiger partial charge in [0, 0.05) is 6.04 Å². The van der Waals surface area contributed by atoms with Gasteiger partial charge in [-0.3, -0.25) is 0 Å². The molecule has 9 heavy (non-hydrogen) atoms. The molecule has 1 saturated heterocycles. The van der Waals surface area contributed by atoms with Crippen LogP contribution in [0, 0.1) is 5.92 Å². The maximum Gasteiger partial charge on any atom is 0.00643 e. The average molecular weight is 194 g/mol. The summed E-state index contributed by atoms with van der Waals surface area (Å²) < 4.78 is 0. The first kappa shape index (κ1) is 9.44. The van der Waals surface area contributed by atoms with Crippen LogP contribution in [0.15, 0.2) is 0 Å². The molecule has 2 atom stereocenters. The van der Waals surface area contributed by atoms with Crippen molar-refractivity contribution in [1.82, 2.24) is 5.32 Å². The molecule has 1 nitrogen and oxygen atoms in total. The maximum atomic E-state index is 3.43. The molecular formula is C7H16BrN. The van der Waals surface area contributed by atoms with Gasteiger partial charge in [-0.1, -0.05) is 6.92 Å². The van der Waals surface area contributed by atoms with Crippen molar-refractivity contribution in [3.63, 3.8) is 0 Å². The van der Waals surface area contributed by atoms with Crippen molar-refractivity contribution < 1.29 is 0 Å². The highest BCUT2D eigenvalue weighted by molar-refractivity contribution is 8.93. The average Bonchev–Trinajstić information content (AvgIpc) is 1.77. The summed E-state index contributed by atoms with van der Waals surface area (Å²) in [4.78, 5) is 0. The minimum atomic E-state index is 0. The number of hydrogen-bond acceptors (Lipinski definition) is 1. The largest absolute Gasteiger partial charge is 0.314 e. The minimum Gasteiger partial charge on any atom is -0.314 e. The Hall–Kier alpha value is 0.440. The summed E-state index contributed by atoms with van der Waals surface area (Å²) >= 11 is 0. The monoisotopic (exact) mass is 193 g/mol. The molecule has 1 aliphatic heterocycles. The van der Waals surface area contributed by atoms with Crippen LogP contribution in [0.4, 0.5) is 0 Å².